The summed E-state index contributed by atoms with van der Waals surface area (Å²) in [6.07, 6.45) is 2.16. The second kappa shape index (κ2) is 22.6. The van der Waals surface area contributed by atoms with Gasteiger partial charge in [0.25, 0.3) is 5.91 Å². The minimum absolute atomic E-state index is 0.153. The summed E-state index contributed by atoms with van der Waals surface area (Å²) >= 11 is 0. The molecule has 5 aromatic rings. The molecule has 0 spiro atoms. The fraction of sp³-hybridized carbons (Fsp3) is 0.239. The van der Waals surface area contributed by atoms with E-state index in [1.807, 2.05) is 78.9 Å². The fourth-order valence-electron chi connectivity index (χ4n) is 5.61. The number of ether oxygens (including phenoxy) is 1. The number of hydrogen-bond donors (Lipinski definition) is 3. The summed E-state index contributed by atoms with van der Waals surface area (Å²) in [4.78, 5) is 63.9. The summed E-state index contributed by atoms with van der Waals surface area (Å²) in [5, 5.41) is 7.84. The van der Waals surface area contributed by atoms with E-state index in [9.17, 15) is 24.0 Å². The van der Waals surface area contributed by atoms with Crippen molar-refractivity contribution in [2.75, 3.05) is 26.7 Å². The number of aryl methyl sites for hydroxylation is 2. The van der Waals surface area contributed by atoms with Crippen LogP contribution < -0.4 is 20.7 Å². The molecule has 5 aromatic carbocycles. The minimum atomic E-state index is -1.02. The molecular formula is C46H50N4O6. The van der Waals surface area contributed by atoms with Crippen molar-refractivity contribution in [3.63, 3.8) is 0 Å². The van der Waals surface area contributed by atoms with Crippen LogP contribution in [0.4, 0.5) is 0 Å². The lowest BCUT2D eigenvalue weighted by Gasteiger charge is -2.22. The van der Waals surface area contributed by atoms with Crippen LogP contribution in [0.1, 0.15) is 29.2 Å². The molecule has 2 heterocycles. The molecule has 2 atom stereocenters. The summed E-state index contributed by atoms with van der Waals surface area (Å²) in [5.74, 6) is -1.65. The van der Waals surface area contributed by atoms with E-state index >= 15 is 0 Å². The molecule has 2 aliphatic rings. The second-order valence-electron chi connectivity index (χ2n) is 13.3. The predicted octanol–water partition coefficient (Wildman–Crippen LogP) is 5.52. The molecule has 7 rings (SSSR count). The van der Waals surface area contributed by atoms with Gasteiger partial charge in [-0.05, 0) is 59.7 Å². The van der Waals surface area contributed by atoms with Gasteiger partial charge in [-0.1, -0.05) is 140 Å². The number of aldehydes is 1. The standard InChI is InChI=1S/C31H32N4O6.C8H10.C7H8/c1-35-18-29(38)34-27(16-22-7-11-24(12-8-22)23-5-3-2-4-6-23)31(40)32-17-28(37)33-25(19-36)15-21-9-13-26(14-10-21)41-20-30(35)39;1-2-8-6-4-3-5-7-8;1-7-5-3-2-4-6-7/h2-14,19,25,27H,15-18,20H2,1H3,(H,32,40)(H,33,37)(H,34,38);3-7H,2H2,1H3;2-6H,1H3/t25-,27+;;/m0../s1. The van der Waals surface area contributed by atoms with Gasteiger partial charge in [0.2, 0.25) is 17.7 Å². The average Bonchev–Trinajstić information content (AvgIpc) is 3.23. The smallest absolute Gasteiger partial charge is 0.260 e. The first kappa shape index (κ1) is 42.2. The summed E-state index contributed by atoms with van der Waals surface area (Å²) in [6.45, 7) is 3.29. The van der Waals surface area contributed by atoms with Gasteiger partial charge >= 0.3 is 0 Å². The van der Waals surface area contributed by atoms with Gasteiger partial charge in [-0.15, -0.1) is 0 Å². The maximum Gasteiger partial charge on any atom is 0.260 e. The van der Waals surface area contributed by atoms with E-state index in [0.717, 1.165) is 28.7 Å². The van der Waals surface area contributed by atoms with Gasteiger partial charge in [0, 0.05) is 13.5 Å². The zero-order valence-corrected chi connectivity index (χ0v) is 32.2. The first-order chi connectivity index (χ1) is 27.1. The molecular weight excluding hydrogens is 705 g/mol. The molecule has 0 saturated carbocycles. The SMILES string of the molecule is CCc1ccccc1.CN1CC(=O)N[C@H](Cc2ccc(-c3ccccc3)cc2)C(=O)NCC(=O)N[C@H](C=O)Cc2ccc(cc2)OCC1=O.Cc1ccccc1. The first-order valence-corrected chi connectivity index (χ1v) is 18.6. The second-order valence-corrected chi connectivity index (χ2v) is 13.3. The van der Waals surface area contributed by atoms with E-state index in [1.165, 1.54) is 23.1 Å². The van der Waals surface area contributed by atoms with Crippen molar-refractivity contribution < 1.29 is 28.7 Å². The maximum atomic E-state index is 13.1. The number of hydrogen-bond acceptors (Lipinski definition) is 6. The molecule has 0 aliphatic carbocycles. The molecule has 290 valence electrons. The Kier molecular flexibility index (Phi) is 17.0. The van der Waals surface area contributed by atoms with Gasteiger partial charge in [0.05, 0.1) is 19.1 Å². The third kappa shape index (κ3) is 14.7. The van der Waals surface area contributed by atoms with Crippen molar-refractivity contribution >= 4 is 29.9 Å². The van der Waals surface area contributed by atoms with Gasteiger partial charge in [0.15, 0.2) is 6.61 Å². The Morgan fingerprint density at radius 1 is 0.696 bits per heavy atom. The first-order valence-electron chi connectivity index (χ1n) is 18.6. The van der Waals surface area contributed by atoms with Gasteiger partial charge < -0.3 is 30.4 Å². The number of likely N-dealkylation sites (N-methyl/N-ethyl adjacent to an activating group) is 1. The van der Waals surface area contributed by atoms with Crippen molar-refractivity contribution in [1.29, 1.82) is 0 Å². The molecule has 10 nitrogen and oxygen atoms in total. The number of nitrogens with one attached hydrogen (secondary N) is 3. The Morgan fingerprint density at radius 3 is 1.84 bits per heavy atom. The Balaban J connectivity index is 0.000000383. The van der Waals surface area contributed by atoms with Crippen molar-refractivity contribution in [1.82, 2.24) is 20.9 Å². The van der Waals surface area contributed by atoms with Crippen molar-refractivity contribution in [2.24, 2.45) is 0 Å². The number of carbonyl (C=O) groups is 5. The molecule has 2 bridgehead atoms. The van der Waals surface area contributed by atoms with E-state index in [-0.39, 0.29) is 32.5 Å². The van der Waals surface area contributed by atoms with E-state index in [2.05, 4.69) is 66.2 Å². The third-order valence-corrected chi connectivity index (χ3v) is 8.83. The molecule has 3 N–H and O–H groups in total. The lowest BCUT2D eigenvalue weighted by atomic mass is 10.00. The van der Waals surface area contributed by atoms with Crippen molar-refractivity contribution in [3.8, 4) is 16.9 Å². The summed E-state index contributed by atoms with van der Waals surface area (Å²) in [5.41, 5.74) is 6.34. The Labute approximate surface area is 329 Å². The van der Waals surface area contributed by atoms with E-state index in [0.29, 0.717) is 12.0 Å². The number of amides is 4. The molecule has 0 unspecified atom stereocenters. The number of nitrogens with zero attached hydrogens (tertiary/aromatic N) is 1. The van der Waals surface area contributed by atoms with Crippen molar-refractivity contribution in [2.45, 2.75) is 45.2 Å². The van der Waals surface area contributed by atoms with Crippen LogP contribution in [0, 0.1) is 6.92 Å². The Bertz CT molecular complexity index is 1970. The van der Waals surface area contributed by atoms with E-state index in [4.69, 9.17) is 4.74 Å². The molecule has 0 aromatic heterocycles. The number of fused-ring (bicyclic) bond motifs is 16. The summed E-state index contributed by atoms with van der Waals surface area (Å²) < 4.78 is 5.54. The van der Waals surface area contributed by atoms with Crippen LogP contribution in [-0.2, 0) is 43.2 Å². The predicted molar refractivity (Wildman–Crippen MR) is 219 cm³/mol. The lowest BCUT2D eigenvalue weighted by Crippen LogP contribution is -2.52. The average molecular weight is 755 g/mol. The van der Waals surface area contributed by atoms with Crippen LogP contribution in [0.3, 0.4) is 0 Å². The topological polar surface area (TPSA) is 134 Å². The minimum Gasteiger partial charge on any atom is -0.484 e. The Hall–Kier alpha value is -6.55. The van der Waals surface area contributed by atoms with Gasteiger partial charge in [-0.3, -0.25) is 19.2 Å². The lowest BCUT2D eigenvalue weighted by molar-refractivity contribution is -0.137. The summed E-state index contributed by atoms with van der Waals surface area (Å²) in [6, 6.07) is 43.1. The number of rotatable bonds is 5. The molecule has 0 radical (unpaired) electrons. The van der Waals surface area contributed by atoms with Crippen LogP contribution >= 0.6 is 0 Å². The zero-order chi connectivity index (χ0) is 40.1. The van der Waals surface area contributed by atoms with Gasteiger partial charge in [-0.25, -0.2) is 0 Å². The monoisotopic (exact) mass is 754 g/mol. The maximum absolute atomic E-state index is 13.1. The number of benzene rings is 5. The quantitative estimate of drug-likeness (QED) is 0.160. The highest BCUT2D eigenvalue weighted by molar-refractivity contribution is 5.92. The highest BCUT2D eigenvalue weighted by atomic mass is 16.5. The highest BCUT2D eigenvalue weighted by Gasteiger charge is 2.24. The molecule has 56 heavy (non-hydrogen) atoms. The molecule has 10 heteroatoms. The highest BCUT2D eigenvalue weighted by Crippen LogP contribution is 2.20. The largest absolute Gasteiger partial charge is 0.484 e. The van der Waals surface area contributed by atoms with Crippen LogP contribution in [0.25, 0.3) is 11.1 Å². The van der Waals surface area contributed by atoms with E-state index in [1.54, 1.807) is 24.3 Å². The molecule has 4 amide bonds. The van der Waals surface area contributed by atoms with Crippen LogP contribution in [-0.4, -0.2) is 73.6 Å². The van der Waals surface area contributed by atoms with Crippen LogP contribution in [0.15, 0.2) is 140 Å². The third-order valence-electron chi connectivity index (χ3n) is 8.83. The van der Waals surface area contributed by atoms with Crippen LogP contribution in [0.5, 0.6) is 5.75 Å². The van der Waals surface area contributed by atoms with Crippen LogP contribution in [0.2, 0.25) is 0 Å². The zero-order valence-electron chi connectivity index (χ0n) is 32.2. The normalized spacial score (nSPS) is 16.4. The Morgan fingerprint density at radius 2 is 1.29 bits per heavy atom. The number of carbonyl (C=O) groups excluding carboxylic acids is 5. The van der Waals surface area contributed by atoms with Gasteiger partial charge in [0.1, 0.15) is 18.1 Å². The molecule has 0 saturated heterocycles. The molecule has 0 fully saturated rings. The van der Waals surface area contributed by atoms with E-state index < -0.39 is 35.7 Å². The summed E-state index contributed by atoms with van der Waals surface area (Å²) in [7, 11) is 1.47. The molecule has 2 aliphatic heterocycles. The van der Waals surface area contributed by atoms with Gasteiger partial charge in [-0.2, -0.15) is 0 Å². The fourth-order valence-corrected chi connectivity index (χ4v) is 5.61. The van der Waals surface area contributed by atoms with Crippen molar-refractivity contribution in [3.05, 3.63) is 162 Å².